The summed E-state index contributed by atoms with van der Waals surface area (Å²) in [6.45, 7) is 5.96. The van der Waals surface area contributed by atoms with E-state index in [4.69, 9.17) is 9.47 Å². The number of hydrogen-bond donors (Lipinski definition) is 1. The van der Waals surface area contributed by atoms with Crippen LogP contribution in [0.3, 0.4) is 0 Å². The van der Waals surface area contributed by atoms with E-state index in [2.05, 4.69) is 21.2 Å². The fourth-order valence-electron chi connectivity index (χ4n) is 2.42. The zero-order chi connectivity index (χ0) is 15.9. The molecule has 22 heavy (non-hydrogen) atoms. The van der Waals surface area contributed by atoms with E-state index in [-0.39, 0.29) is 5.91 Å². The van der Waals surface area contributed by atoms with Crippen LogP contribution in [0.15, 0.2) is 16.6 Å². The topological polar surface area (TPSA) is 50.8 Å². The van der Waals surface area contributed by atoms with Crippen molar-refractivity contribution in [3.8, 4) is 11.5 Å². The number of carbonyl (C=O) groups excluding carboxylic acids is 1. The molecule has 1 aromatic rings. The molecule has 0 radical (unpaired) electrons. The van der Waals surface area contributed by atoms with Crippen LogP contribution in [0, 0.1) is 0 Å². The summed E-state index contributed by atoms with van der Waals surface area (Å²) in [5.74, 6) is 1.27. The molecule has 1 aliphatic rings. The van der Waals surface area contributed by atoms with E-state index in [1.807, 2.05) is 17.9 Å². The molecule has 1 N–H and O–H groups in total. The van der Waals surface area contributed by atoms with E-state index < -0.39 is 0 Å². The van der Waals surface area contributed by atoms with Gasteiger partial charge in [-0.1, -0.05) is 6.92 Å². The molecule has 122 valence electrons. The summed E-state index contributed by atoms with van der Waals surface area (Å²) in [5, 5.41) is 3.30. The highest BCUT2D eigenvalue weighted by Crippen LogP contribution is 2.37. The predicted molar refractivity (Wildman–Crippen MR) is 89.9 cm³/mol. The van der Waals surface area contributed by atoms with Crippen molar-refractivity contribution in [2.45, 2.75) is 19.8 Å². The normalized spacial score (nSPS) is 15.3. The Bertz CT molecular complexity index is 514. The lowest BCUT2D eigenvalue weighted by Crippen LogP contribution is -2.34. The van der Waals surface area contributed by atoms with E-state index >= 15 is 0 Å². The minimum Gasteiger partial charge on any atom is -0.493 e. The molecule has 1 saturated heterocycles. The lowest BCUT2D eigenvalue weighted by molar-refractivity contribution is 0.0766. The Balaban J connectivity index is 2.23. The van der Waals surface area contributed by atoms with Gasteiger partial charge in [0.2, 0.25) is 0 Å². The lowest BCUT2D eigenvalue weighted by Gasteiger charge is -2.21. The molecular formula is C16H23BrN2O3. The molecule has 0 aliphatic carbocycles. The Morgan fingerprint density at radius 3 is 2.91 bits per heavy atom. The summed E-state index contributed by atoms with van der Waals surface area (Å²) in [5.41, 5.74) is 0.620. The molecule has 0 bridgehead atoms. The number of ether oxygens (including phenoxy) is 2. The Hall–Kier alpha value is -1.27. The molecule has 0 spiro atoms. The van der Waals surface area contributed by atoms with Gasteiger partial charge in [0.25, 0.3) is 5.91 Å². The van der Waals surface area contributed by atoms with Gasteiger partial charge in [0.1, 0.15) is 0 Å². The van der Waals surface area contributed by atoms with Crippen LogP contribution >= 0.6 is 15.9 Å². The minimum absolute atomic E-state index is 0.0322. The Morgan fingerprint density at radius 2 is 2.18 bits per heavy atom. The van der Waals surface area contributed by atoms with Crippen molar-refractivity contribution in [1.82, 2.24) is 10.2 Å². The van der Waals surface area contributed by atoms with Gasteiger partial charge in [0, 0.05) is 25.2 Å². The van der Waals surface area contributed by atoms with Gasteiger partial charge in [0.05, 0.1) is 18.2 Å². The third-order valence-electron chi connectivity index (χ3n) is 3.55. The fourth-order valence-corrected chi connectivity index (χ4v) is 2.98. The Kier molecular flexibility index (Phi) is 6.51. The highest BCUT2D eigenvalue weighted by Gasteiger charge is 2.20. The number of benzene rings is 1. The zero-order valence-electron chi connectivity index (χ0n) is 13.2. The highest BCUT2D eigenvalue weighted by atomic mass is 79.9. The molecule has 0 atom stereocenters. The molecular weight excluding hydrogens is 348 g/mol. The number of nitrogens with one attached hydrogen (secondary N) is 1. The zero-order valence-corrected chi connectivity index (χ0v) is 14.7. The van der Waals surface area contributed by atoms with Gasteiger partial charge in [-0.15, -0.1) is 0 Å². The second-order valence-electron chi connectivity index (χ2n) is 5.23. The van der Waals surface area contributed by atoms with E-state index in [0.717, 1.165) is 43.5 Å². The molecule has 2 rings (SSSR count). The second-order valence-corrected chi connectivity index (χ2v) is 6.09. The largest absolute Gasteiger partial charge is 0.493 e. The molecule has 6 heteroatoms. The fraction of sp³-hybridized carbons (Fsp3) is 0.562. The van der Waals surface area contributed by atoms with E-state index in [9.17, 15) is 4.79 Å². The van der Waals surface area contributed by atoms with Gasteiger partial charge in [-0.25, -0.2) is 0 Å². The summed E-state index contributed by atoms with van der Waals surface area (Å²) >= 11 is 3.49. The third kappa shape index (κ3) is 4.14. The van der Waals surface area contributed by atoms with Crippen LogP contribution < -0.4 is 14.8 Å². The molecule has 1 amide bonds. The first-order valence-corrected chi connectivity index (χ1v) is 8.47. The predicted octanol–water partition coefficient (Wildman–Crippen LogP) is 2.68. The number of nitrogens with zero attached hydrogens (tertiary/aromatic N) is 1. The maximum absolute atomic E-state index is 12.7. The first-order valence-electron chi connectivity index (χ1n) is 7.67. The van der Waals surface area contributed by atoms with Crippen LogP contribution in [0.2, 0.25) is 0 Å². The molecule has 1 aliphatic heterocycles. The number of rotatable bonds is 5. The van der Waals surface area contributed by atoms with Gasteiger partial charge in [-0.2, -0.15) is 0 Å². The maximum atomic E-state index is 12.7. The summed E-state index contributed by atoms with van der Waals surface area (Å²) in [7, 11) is 1.59. The van der Waals surface area contributed by atoms with E-state index in [1.54, 1.807) is 13.2 Å². The number of methoxy groups -OCH3 is 1. The lowest BCUT2D eigenvalue weighted by atomic mass is 10.1. The molecule has 1 aromatic carbocycles. The van der Waals surface area contributed by atoms with Gasteiger partial charge in [-0.05, 0) is 47.4 Å². The first-order chi connectivity index (χ1) is 10.7. The molecule has 5 nitrogen and oxygen atoms in total. The maximum Gasteiger partial charge on any atom is 0.254 e. The number of halogens is 1. The van der Waals surface area contributed by atoms with Gasteiger partial charge in [-0.3, -0.25) is 4.79 Å². The number of hydrogen-bond acceptors (Lipinski definition) is 4. The standard InChI is InChI=1S/C16H23BrN2O3/c1-3-9-22-15-13(17)10-12(11-14(15)21-2)16(20)19-7-4-5-18-6-8-19/h10-11,18H,3-9H2,1-2H3. The van der Waals surface area contributed by atoms with Gasteiger partial charge in [0.15, 0.2) is 11.5 Å². The number of amides is 1. The molecule has 0 unspecified atom stereocenters. The summed E-state index contributed by atoms with van der Waals surface area (Å²) < 4.78 is 11.8. The molecule has 1 fully saturated rings. The van der Waals surface area contributed by atoms with Crippen molar-refractivity contribution in [1.29, 1.82) is 0 Å². The smallest absolute Gasteiger partial charge is 0.254 e. The van der Waals surface area contributed by atoms with Crippen molar-refractivity contribution in [3.05, 3.63) is 22.2 Å². The van der Waals surface area contributed by atoms with Crippen LogP contribution in [0.25, 0.3) is 0 Å². The van der Waals surface area contributed by atoms with Crippen molar-refractivity contribution in [3.63, 3.8) is 0 Å². The van der Waals surface area contributed by atoms with Crippen molar-refractivity contribution < 1.29 is 14.3 Å². The van der Waals surface area contributed by atoms with Crippen LogP contribution in [-0.4, -0.2) is 50.7 Å². The van der Waals surface area contributed by atoms with Crippen LogP contribution in [0.1, 0.15) is 30.1 Å². The first kappa shape index (κ1) is 17.1. The van der Waals surface area contributed by atoms with Crippen LogP contribution in [0.5, 0.6) is 11.5 Å². The van der Waals surface area contributed by atoms with E-state index in [0.29, 0.717) is 23.7 Å². The molecule has 0 saturated carbocycles. The molecule has 0 aromatic heterocycles. The monoisotopic (exact) mass is 370 g/mol. The quantitative estimate of drug-likeness (QED) is 0.865. The Morgan fingerprint density at radius 1 is 1.36 bits per heavy atom. The van der Waals surface area contributed by atoms with Crippen molar-refractivity contribution in [2.24, 2.45) is 0 Å². The van der Waals surface area contributed by atoms with Gasteiger partial charge >= 0.3 is 0 Å². The van der Waals surface area contributed by atoms with Crippen LogP contribution in [-0.2, 0) is 0 Å². The summed E-state index contributed by atoms with van der Waals surface area (Å²) in [6.07, 6.45) is 1.89. The summed E-state index contributed by atoms with van der Waals surface area (Å²) in [4.78, 5) is 14.6. The van der Waals surface area contributed by atoms with Crippen molar-refractivity contribution in [2.75, 3.05) is 39.9 Å². The van der Waals surface area contributed by atoms with Gasteiger partial charge < -0.3 is 19.7 Å². The molecule has 1 heterocycles. The van der Waals surface area contributed by atoms with E-state index in [1.165, 1.54) is 0 Å². The highest BCUT2D eigenvalue weighted by molar-refractivity contribution is 9.10. The van der Waals surface area contributed by atoms with Crippen LogP contribution in [0.4, 0.5) is 0 Å². The Labute approximate surface area is 140 Å². The number of carbonyl (C=O) groups is 1. The summed E-state index contributed by atoms with van der Waals surface area (Å²) in [6, 6.07) is 3.57. The average molecular weight is 371 g/mol. The third-order valence-corrected chi connectivity index (χ3v) is 4.14. The average Bonchev–Trinajstić information content (AvgIpc) is 2.81. The SMILES string of the molecule is CCCOc1c(Br)cc(C(=O)N2CCCNCC2)cc1OC. The minimum atomic E-state index is 0.0322. The van der Waals surface area contributed by atoms with Crippen molar-refractivity contribution >= 4 is 21.8 Å². The second kappa shape index (κ2) is 8.39.